The van der Waals surface area contributed by atoms with E-state index in [0.717, 1.165) is 17.7 Å². The van der Waals surface area contributed by atoms with Gasteiger partial charge in [0.15, 0.2) is 23.3 Å². The molecule has 2 aromatic rings. The van der Waals surface area contributed by atoms with E-state index in [1.807, 2.05) is 37.3 Å². The van der Waals surface area contributed by atoms with Crippen LogP contribution in [-0.4, -0.2) is 46.8 Å². The molecule has 1 unspecified atom stereocenters. The van der Waals surface area contributed by atoms with Crippen LogP contribution < -0.4 is 9.47 Å². The molecule has 7 nitrogen and oxygen atoms in total. The third-order valence-electron chi connectivity index (χ3n) is 4.98. The first kappa shape index (κ1) is 24.4. The molecule has 2 aromatic carbocycles. The van der Waals surface area contributed by atoms with Crippen LogP contribution in [0.4, 0.5) is 5.69 Å². The maximum absolute atomic E-state index is 13.3. The van der Waals surface area contributed by atoms with Crippen LogP contribution in [0.15, 0.2) is 58.4 Å². The summed E-state index contributed by atoms with van der Waals surface area (Å²) in [5.41, 5.74) is 1.54. The molecule has 33 heavy (non-hydrogen) atoms. The first-order valence-corrected chi connectivity index (χ1v) is 11.7. The number of carbonyl (C=O) groups excluding carboxylic acids is 1. The van der Waals surface area contributed by atoms with Gasteiger partial charge in [0.05, 0.1) is 17.2 Å². The van der Waals surface area contributed by atoms with Crippen molar-refractivity contribution < 1.29 is 24.2 Å². The summed E-state index contributed by atoms with van der Waals surface area (Å²) < 4.78 is 10.9. The second kappa shape index (κ2) is 11.6. The SMILES string of the molecule is CCOc1cc(/C=C2/SC(=Nc3ccccc3)N(CC(C)CC)C2=O)ccc1OCC(=O)O. The average Bonchev–Trinajstić information content (AvgIpc) is 3.08. The minimum atomic E-state index is -1.07. The Morgan fingerprint density at radius 2 is 1.91 bits per heavy atom. The summed E-state index contributed by atoms with van der Waals surface area (Å²) in [6.45, 7) is 6.59. The van der Waals surface area contributed by atoms with E-state index in [0.29, 0.717) is 40.6 Å². The van der Waals surface area contributed by atoms with Crippen LogP contribution in [0, 0.1) is 5.92 Å². The zero-order chi connectivity index (χ0) is 23.8. The van der Waals surface area contributed by atoms with Gasteiger partial charge in [0.2, 0.25) is 0 Å². The molecule has 0 saturated carbocycles. The van der Waals surface area contributed by atoms with E-state index in [4.69, 9.17) is 19.6 Å². The summed E-state index contributed by atoms with van der Waals surface area (Å²) >= 11 is 1.34. The van der Waals surface area contributed by atoms with Gasteiger partial charge >= 0.3 is 5.97 Å². The molecule has 0 bridgehead atoms. The molecule has 0 aromatic heterocycles. The molecule has 1 amide bonds. The van der Waals surface area contributed by atoms with Crippen LogP contribution in [0.5, 0.6) is 11.5 Å². The summed E-state index contributed by atoms with van der Waals surface area (Å²) in [6.07, 6.45) is 2.76. The number of amides is 1. The molecule has 1 aliphatic heterocycles. The Morgan fingerprint density at radius 1 is 1.15 bits per heavy atom. The lowest BCUT2D eigenvalue weighted by atomic mass is 10.1. The van der Waals surface area contributed by atoms with E-state index in [1.165, 1.54) is 11.8 Å². The van der Waals surface area contributed by atoms with E-state index in [9.17, 15) is 9.59 Å². The molecule has 3 rings (SSSR count). The Hall–Kier alpha value is -3.26. The second-order valence-electron chi connectivity index (χ2n) is 7.59. The van der Waals surface area contributed by atoms with Gasteiger partial charge in [-0.25, -0.2) is 9.79 Å². The Bertz CT molecular complexity index is 1050. The molecular weight excluding hydrogens is 440 g/mol. The topological polar surface area (TPSA) is 88.4 Å². The smallest absolute Gasteiger partial charge is 0.341 e. The Labute approximate surface area is 198 Å². The number of carbonyl (C=O) groups is 2. The summed E-state index contributed by atoms with van der Waals surface area (Å²) in [5.74, 6) is -0.0396. The van der Waals surface area contributed by atoms with Crippen molar-refractivity contribution in [1.82, 2.24) is 4.90 Å². The predicted octanol–water partition coefficient (Wildman–Crippen LogP) is 5.20. The van der Waals surface area contributed by atoms with Gasteiger partial charge in [0, 0.05) is 6.54 Å². The van der Waals surface area contributed by atoms with Gasteiger partial charge in [-0.15, -0.1) is 0 Å². The van der Waals surface area contributed by atoms with Gasteiger partial charge < -0.3 is 14.6 Å². The van der Waals surface area contributed by atoms with Crippen LogP contribution in [0.3, 0.4) is 0 Å². The third kappa shape index (κ3) is 6.61. The highest BCUT2D eigenvalue weighted by atomic mass is 32.2. The lowest BCUT2D eigenvalue weighted by Crippen LogP contribution is -2.33. The number of ether oxygens (including phenoxy) is 2. The Kier molecular flexibility index (Phi) is 8.54. The molecule has 174 valence electrons. The van der Waals surface area contributed by atoms with Crippen LogP contribution >= 0.6 is 11.8 Å². The van der Waals surface area contributed by atoms with Crippen molar-refractivity contribution in [2.24, 2.45) is 10.9 Å². The maximum Gasteiger partial charge on any atom is 0.341 e. The highest BCUT2D eigenvalue weighted by molar-refractivity contribution is 8.18. The molecule has 8 heteroatoms. The van der Waals surface area contributed by atoms with Crippen molar-refractivity contribution in [3.63, 3.8) is 0 Å². The van der Waals surface area contributed by atoms with Crippen LogP contribution in [0.1, 0.15) is 32.8 Å². The largest absolute Gasteiger partial charge is 0.490 e. The van der Waals surface area contributed by atoms with E-state index in [-0.39, 0.29) is 5.91 Å². The normalized spacial score (nSPS) is 16.9. The lowest BCUT2D eigenvalue weighted by molar-refractivity contribution is -0.139. The number of thioether (sulfide) groups is 1. The molecule has 1 fully saturated rings. The molecule has 1 saturated heterocycles. The number of carboxylic acids is 1. The van der Waals surface area contributed by atoms with Gasteiger partial charge in [-0.05, 0) is 60.5 Å². The van der Waals surface area contributed by atoms with Crippen molar-refractivity contribution in [3.05, 3.63) is 59.0 Å². The summed E-state index contributed by atoms with van der Waals surface area (Å²) in [4.78, 5) is 31.1. The number of aliphatic imine (C=N–C) groups is 1. The average molecular weight is 469 g/mol. The molecule has 0 radical (unpaired) electrons. The summed E-state index contributed by atoms with van der Waals surface area (Å²) in [5, 5.41) is 9.53. The van der Waals surface area contributed by atoms with Crippen molar-refractivity contribution in [1.29, 1.82) is 0 Å². The van der Waals surface area contributed by atoms with Crippen molar-refractivity contribution in [2.75, 3.05) is 19.8 Å². The lowest BCUT2D eigenvalue weighted by Gasteiger charge is -2.19. The quantitative estimate of drug-likeness (QED) is 0.482. The minimum absolute atomic E-state index is 0.0841. The van der Waals surface area contributed by atoms with Crippen LogP contribution in [0.2, 0.25) is 0 Å². The van der Waals surface area contributed by atoms with Crippen molar-refractivity contribution >= 4 is 40.6 Å². The van der Waals surface area contributed by atoms with E-state index >= 15 is 0 Å². The maximum atomic E-state index is 13.3. The zero-order valence-electron chi connectivity index (χ0n) is 19.0. The first-order valence-electron chi connectivity index (χ1n) is 10.9. The second-order valence-corrected chi connectivity index (χ2v) is 8.60. The first-order chi connectivity index (χ1) is 15.9. The monoisotopic (exact) mass is 468 g/mol. The number of hydrogen-bond acceptors (Lipinski definition) is 6. The fourth-order valence-electron chi connectivity index (χ4n) is 3.10. The zero-order valence-corrected chi connectivity index (χ0v) is 19.8. The highest BCUT2D eigenvalue weighted by Gasteiger charge is 2.34. The Balaban J connectivity index is 1.92. The number of carboxylic acid groups (broad SMARTS) is 1. The summed E-state index contributed by atoms with van der Waals surface area (Å²) in [7, 11) is 0. The number of amidine groups is 1. The van der Waals surface area contributed by atoms with E-state index in [1.54, 1.807) is 29.2 Å². The number of benzene rings is 2. The van der Waals surface area contributed by atoms with E-state index < -0.39 is 12.6 Å². The van der Waals surface area contributed by atoms with Crippen molar-refractivity contribution in [2.45, 2.75) is 27.2 Å². The number of nitrogens with zero attached hydrogens (tertiary/aromatic N) is 2. The fraction of sp³-hybridized carbons (Fsp3) is 0.320. The van der Waals surface area contributed by atoms with Gasteiger partial charge in [0.1, 0.15) is 0 Å². The van der Waals surface area contributed by atoms with Gasteiger partial charge in [0.25, 0.3) is 5.91 Å². The van der Waals surface area contributed by atoms with Gasteiger partial charge in [-0.2, -0.15) is 0 Å². The van der Waals surface area contributed by atoms with Crippen LogP contribution in [-0.2, 0) is 9.59 Å². The van der Waals surface area contributed by atoms with Crippen LogP contribution in [0.25, 0.3) is 6.08 Å². The fourth-order valence-corrected chi connectivity index (χ4v) is 4.11. The third-order valence-corrected chi connectivity index (χ3v) is 5.98. The molecule has 1 heterocycles. The standard InChI is InChI=1S/C25H28N2O5S/c1-4-17(3)15-27-24(30)22(33-25(27)26-19-9-7-6-8-10-19)14-18-11-12-20(32-16-23(28)29)21(13-18)31-5-2/h6-14,17H,4-5,15-16H2,1-3H3,(H,28,29)/b22-14+,26-25?. The number of para-hydroxylation sites is 1. The summed E-state index contributed by atoms with van der Waals surface area (Å²) in [6, 6.07) is 14.7. The molecule has 1 aliphatic rings. The molecule has 0 aliphatic carbocycles. The minimum Gasteiger partial charge on any atom is -0.490 e. The number of rotatable bonds is 10. The molecular formula is C25H28N2O5S. The van der Waals surface area contributed by atoms with Gasteiger partial charge in [-0.3, -0.25) is 9.69 Å². The molecule has 1 N–H and O–H groups in total. The van der Waals surface area contributed by atoms with Crippen molar-refractivity contribution in [3.8, 4) is 11.5 Å². The number of hydrogen-bond donors (Lipinski definition) is 1. The number of aliphatic carboxylic acids is 1. The highest BCUT2D eigenvalue weighted by Crippen LogP contribution is 2.36. The Morgan fingerprint density at radius 3 is 2.58 bits per heavy atom. The predicted molar refractivity (Wildman–Crippen MR) is 131 cm³/mol. The molecule has 0 spiro atoms. The van der Waals surface area contributed by atoms with E-state index in [2.05, 4.69) is 13.8 Å². The molecule has 1 atom stereocenters. The van der Waals surface area contributed by atoms with Gasteiger partial charge in [-0.1, -0.05) is 44.5 Å².